The van der Waals surface area contributed by atoms with Crippen molar-refractivity contribution in [3.05, 3.63) is 115 Å². The van der Waals surface area contributed by atoms with Gasteiger partial charge in [0.1, 0.15) is 22.8 Å². The fourth-order valence-electron chi connectivity index (χ4n) is 4.18. The van der Waals surface area contributed by atoms with Gasteiger partial charge in [0.25, 0.3) is 5.91 Å². The number of hydrogen-bond donors (Lipinski definition) is 0. The SMILES string of the molecule is CC1(C)C(=O)N(c2ccccc2Oc2ccccc2)C(=O)N1Cc1ccccc1Oc1ccccc1. The van der Waals surface area contributed by atoms with Crippen LogP contribution in [0.3, 0.4) is 0 Å². The third kappa shape index (κ3) is 4.41. The van der Waals surface area contributed by atoms with Crippen LogP contribution < -0.4 is 14.4 Å². The second kappa shape index (κ2) is 9.58. The highest BCUT2D eigenvalue weighted by molar-refractivity contribution is 6.23. The van der Waals surface area contributed by atoms with E-state index in [9.17, 15) is 9.59 Å². The van der Waals surface area contributed by atoms with Gasteiger partial charge < -0.3 is 14.4 Å². The fraction of sp³-hybridized carbons (Fsp3) is 0.133. The summed E-state index contributed by atoms with van der Waals surface area (Å²) in [4.78, 5) is 30.1. The smallest absolute Gasteiger partial charge is 0.332 e. The first kappa shape index (κ1) is 23.2. The van der Waals surface area contributed by atoms with E-state index < -0.39 is 11.6 Å². The summed E-state index contributed by atoms with van der Waals surface area (Å²) in [5.41, 5.74) is 0.128. The minimum atomic E-state index is -1.07. The number of urea groups is 1. The van der Waals surface area contributed by atoms with Crippen LogP contribution in [0.25, 0.3) is 0 Å². The largest absolute Gasteiger partial charge is 0.457 e. The Labute approximate surface area is 210 Å². The number of imide groups is 1. The van der Waals surface area contributed by atoms with Crippen molar-refractivity contribution in [2.45, 2.75) is 25.9 Å². The lowest BCUT2D eigenvalue weighted by Gasteiger charge is -2.28. The van der Waals surface area contributed by atoms with Gasteiger partial charge in [0.2, 0.25) is 0 Å². The second-order valence-electron chi connectivity index (χ2n) is 8.97. The average Bonchev–Trinajstić information content (AvgIpc) is 3.06. The second-order valence-corrected chi connectivity index (χ2v) is 8.97. The van der Waals surface area contributed by atoms with Crippen LogP contribution in [0.2, 0.25) is 0 Å². The Bertz CT molecular complexity index is 1390. The van der Waals surface area contributed by atoms with Crippen molar-refractivity contribution >= 4 is 17.6 Å². The Kier molecular flexibility index (Phi) is 6.17. The van der Waals surface area contributed by atoms with Crippen LogP contribution in [0.4, 0.5) is 10.5 Å². The lowest BCUT2D eigenvalue weighted by Crippen LogP contribution is -2.43. The van der Waals surface area contributed by atoms with Gasteiger partial charge in [-0.2, -0.15) is 0 Å². The molecule has 4 aromatic carbocycles. The predicted octanol–water partition coefficient (Wildman–Crippen LogP) is 7.02. The summed E-state index contributed by atoms with van der Waals surface area (Å²) in [6.45, 7) is 3.72. The van der Waals surface area contributed by atoms with Crippen LogP contribution in [0, 0.1) is 0 Å². The third-order valence-electron chi connectivity index (χ3n) is 6.17. The standard InChI is InChI=1S/C30H26N2O4/c1-30(2)28(33)32(25-18-10-12-20-27(25)36-24-16-7-4-8-17-24)29(34)31(30)21-22-13-9-11-19-26(22)35-23-14-5-3-6-15-23/h3-20H,21H2,1-2H3. The summed E-state index contributed by atoms with van der Waals surface area (Å²) in [5, 5.41) is 0. The van der Waals surface area contributed by atoms with E-state index in [1.165, 1.54) is 4.90 Å². The van der Waals surface area contributed by atoms with Crippen molar-refractivity contribution in [3.63, 3.8) is 0 Å². The van der Waals surface area contributed by atoms with Gasteiger partial charge in [-0.3, -0.25) is 4.79 Å². The Hall–Kier alpha value is -4.58. The van der Waals surface area contributed by atoms with E-state index in [-0.39, 0.29) is 12.5 Å². The summed E-state index contributed by atoms with van der Waals surface area (Å²) in [7, 11) is 0. The molecule has 0 atom stereocenters. The van der Waals surface area contributed by atoms with Gasteiger partial charge >= 0.3 is 6.03 Å². The molecular weight excluding hydrogens is 452 g/mol. The van der Waals surface area contributed by atoms with Gasteiger partial charge in [-0.05, 0) is 56.3 Å². The van der Waals surface area contributed by atoms with Gasteiger partial charge in [-0.25, -0.2) is 9.69 Å². The zero-order chi connectivity index (χ0) is 25.1. The molecule has 0 bridgehead atoms. The molecule has 5 rings (SSSR count). The minimum absolute atomic E-state index is 0.207. The van der Waals surface area contributed by atoms with Crippen molar-refractivity contribution < 1.29 is 19.1 Å². The molecule has 3 amide bonds. The molecule has 1 fully saturated rings. The fourth-order valence-corrected chi connectivity index (χ4v) is 4.18. The maximum atomic E-state index is 13.7. The number of hydrogen-bond acceptors (Lipinski definition) is 4. The summed E-state index contributed by atoms with van der Waals surface area (Å²) >= 11 is 0. The number of carbonyl (C=O) groups excluding carboxylic acids is 2. The van der Waals surface area contributed by atoms with E-state index in [0.29, 0.717) is 28.7 Å². The van der Waals surface area contributed by atoms with Gasteiger partial charge in [-0.1, -0.05) is 66.7 Å². The summed E-state index contributed by atoms with van der Waals surface area (Å²) in [6.07, 6.45) is 0. The molecule has 1 aliphatic rings. The van der Waals surface area contributed by atoms with E-state index in [4.69, 9.17) is 9.47 Å². The first-order valence-electron chi connectivity index (χ1n) is 11.7. The van der Waals surface area contributed by atoms with Crippen molar-refractivity contribution in [2.75, 3.05) is 4.90 Å². The maximum absolute atomic E-state index is 13.7. The zero-order valence-corrected chi connectivity index (χ0v) is 20.1. The Morgan fingerprint density at radius 1 is 0.639 bits per heavy atom. The van der Waals surface area contributed by atoms with E-state index >= 15 is 0 Å². The van der Waals surface area contributed by atoms with Crippen LogP contribution in [0.5, 0.6) is 23.0 Å². The number of anilines is 1. The molecule has 1 heterocycles. The van der Waals surface area contributed by atoms with Gasteiger partial charge in [0.15, 0.2) is 5.75 Å². The highest BCUT2D eigenvalue weighted by Gasteiger charge is 2.52. The minimum Gasteiger partial charge on any atom is -0.457 e. The predicted molar refractivity (Wildman–Crippen MR) is 138 cm³/mol. The van der Waals surface area contributed by atoms with Crippen molar-refractivity contribution in [1.29, 1.82) is 0 Å². The van der Waals surface area contributed by atoms with Gasteiger partial charge in [-0.15, -0.1) is 0 Å². The molecule has 0 saturated carbocycles. The molecule has 0 N–H and O–H groups in total. The number of rotatable bonds is 7. The molecule has 1 saturated heterocycles. The van der Waals surface area contributed by atoms with E-state index in [1.807, 2.05) is 91.0 Å². The number of amides is 3. The molecule has 1 aliphatic heterocycles. The number of benzene rings is 4. The van der Waals surface area contributed by atoms with Crippen molar-refractivity contribution in [3.8, 4) is 23.0 Å². The van der Waals surface area contributed by atoms with Crippen LogP contribution in [-0.2, 0) is 11.3 Å². The first-order valence-corrected chi connectivity index (χ1v) is 11.7. The lowest BCUT2D eigenvalue weighted by molar-refractivity contribution is -0.123. The van der Waals surface area contributed by atoms with E-state index in [2.05, 4.69) is 0 Å². The van der Waals surface area contributed by atoms with Gasteiger partial charge in [0.05, 0.1) is 12.2 Å². The normalized spacial score (nSPS) is 14.7. The summed E-state index contributed by atoms with van der Waals surface area (Å²) in [5.74, 6) is 2.05. The molecule has 0 aliphatic carbocycles. The number of para-hydroxylation sites is 5. The first-order chi connectivity index (χ1) is 17.4. The molecule has 180 valence electrons. The molecule has 0 aromatic heterocycles. The monoisotopic (exact) mass is 478 g/mol. The molecule has 36 heavy (non-hydrogen) atoms. The molecule has 0 unspecified atom stereocenters. The molecule has 0 spiro atoms. The molecule has 6 nitrogen and oxygen atoms in total. The van der Waals surface area contributed by atoms with E-state index in [1.54, 1.807) is 36.9 Å². The quantitative estimate of drug-likeness (QED) is 0.268. The highest BCUT2D eigenvalue weighted by Crippen LogP contribution is 2.40. The lowest BCUT2D eigenvalue weighted by atomic mass is 10.0. The van der Waals surface area contributed by atoms with Crippen molar-refractivity contribution in [2.24, 2.45) is 0 Å². The Morgan fingerprint density at radius 2 is 1.14 bits per heavy atom. The highest BCUT2D eigenvalue weighted by atomic mass is 16.5. The third-order valence-corrected chi connectivity index (χ3v) is 6.17. The Morgan fingerprint density at radius 3 is 1.78 bits per heavy atom. The summed E-state index contributed by atoms with van der Waals surface area (Å²) < 4.78 is 12.1. The molecular formula is C30H26N2O4. The summed E-state index contributed by atoms with van der Waals surface area (Å²) in [6, 6.07) is 32.9. The van der Waals surface area contributed by atoms with Crippen LogP contribution in [0.15, 0.2) is 109 Å². The maximum Gasteiger partial charge on any atom is 0.332 e. The van der Waals surface area contributed by atoms with Gasteiger partial charge in [0, 0.05) is 5.56 Å². The molecule has 6 heteroatoms. The van der Waals surface area contributed by atoms with Crippen LogP contribution >= 0.6 is 0 Å². The number of carbonyl (C=O) groups is 2. The van der Waals surface area contributed by atoms with E-state index in [0.717, 1.165) is 5.56 Å². The Balaban J connectivity index is 1.45. The average molecular weight is 479 g/mol. The molecule has 4 aromatic rings. The molecule has 0 radical (unpaired) electrons. The zero-order valence-electron chi connectivity index (χ0n) is 20.1. The van der Waals surface area contributed by atoms with Crippen LogP contribution in [-0.4, -0.2) is 22.4 Å². The number of ether oxygens (including phenoxy) is 2. The van der Waals surface area contributed by atoms with Crippen molar-refractivity contribution in [1.82, 2.24) is 4.90 Å². The number of nitrogens with zero attached hydrogens (tertiary/aromatic N) is 2. The topological polar surface area (TPSA) is 59.1 Å². The van der Waals surface area contributed by atoms with Crippen LogP contribution in [0.1, 0.15) is 19.4 Å².